The first-order valence-electron chi connectivity index (χ1n) is 8.46. The highest BCUT2D eigenvalue weighted by molar-refractivity contribution is 7.99. The summed E-state index contributed by atoms with van der Waals surface area (Å²) >= 11 is 1.63. The van der Waals surface area contributed by atoms with Crippen LogP contribution < -0.4 is 0 Å². The summed E-state index contributed by atoms with van der Waals surface area (Å²) in [6.45, 7) is 4.76. The quantitative estimate of drug-likeness (QED) is 0.547. The number of nitrogens with zero attached hydrogens (tertiary/aromatic N) is 2. The van der Waals surface area contributed by atoms with Crippen molar-refractivity contribution in [3.63, 3.8) is 0 Å². The number of hydrogen-bond donors (Lipinski definition) is 0. The second-order valence-electron chi connectivity index (χ2n) is 6.22. The van der Waals surface area contributed by atoms with E-state index in [0.717, 1.165) is 30.1 Å². The van der Waals surface area contributed by atoms with Crippen molar-refractivity contribution < 1.29 is 18.8 Å². The number of rotatable bonds is 7. The molecule has 0 saturated carbocycles. The molecule has 1 atom stereocenters. The van der Waals surface area contributed by atoms with Crippen molar-refractivity contribution in [1.29, 1.82) is 0 Å². The third-order valence-electron chi connectivity index (χ3n) is 3.88. The monoisotopic (exact) mass is 362 g/mol. The van der Waals surface area contributed by atoms with Crippen molar-refractivity contribution in [3.8, 4) is 0 Å². The van der Waals surface area contributed by atoms with Gasteiger partial charge < -0.3 is 14.0 Å². The van der Waals surface area contributed by atoms with Crippen LogP contribution in [-0.4, -0.2) is 34.6 Å². The minimum atomic E-state index is -0.389. The van der Waals surface area contributed by atoms with Gasteiger partial charge in [-0.15, -0.1) is 11.8 Å². The predicted molar refractivity (Wildman–Crippen MR) is 93.6 cm³/mol. The van der Waals surface area contributed by atoms with Gasteiger partial charge in [-0.25, -0.2) is 4.79 Å². The fraction of sp³-hybridized carbons (Fsp3) is 0.500. The number of thioether (sulfide) groups is 1. The molecular weight excluding hydrogens is 340 g/mol. The van der Waals surface area contributed by atoms with Crippen LogP contribution in [0.15, 0.2) is 33.7 Å². The molecule has 1 aromatic carbocycles. The summed E-state index contributed by atoms with van der Waals surface area (Å²) in [5, 5.41) is 3.86. The summed E-state index contributed by atoms with van der Waals surface area (Å²) in [5.41, 5.74) is 0.550. The van der Waals surface area contributed by atoms with E-state index in [1.807, 2.05) is 32.0 Å². The summed E-state index contributed by atoms with van der Waals surface area (Å²) in [6.07, 6.45) is 2.45. The SMILES string of the molecule is CC(C)c1noc(COC(=O)c2ccccc2SCC2CCCO2)n1. The van der Waals surface area contributed by atoms with E-state index >= 15 is 0 Å². The molecule has 6 nitrogen and oxygen atoms in total. The topological polar surface area (TPSA) is 74.5 Å². The van der Waals surface area contributed by atoms with Crippen LogP contribution in [0.2, 0.25) is 0 Å². The van der Waals surface area contributed by atoms with Crippen LogP contribution in [0.3, 0.4) is 0 Å². The molecule has 0 aliphatic carbocycles. The van der Waals surface area contributed by atoms with Crippen molar-refractivity contribution in [3.05, 3.63) is 41.5 Å². The molecule has 2 aromatic rings. The van der Waals surface area contributed by atoms with Crippen LogP contribution >= 0.6 is 11.8 Å². The molecule has 1 fully saturated rings. The molecule has 1 saturated heterocycles. The zero-order valence-corrected chi connectivity index (χ0v) is 15.3. The van der Waals surface area contributed by atoms with E-state index in [1.54, 1.807) is 17.8 Å². The Morgan fingerprint density at radius 1 is 1.40 bits per heavy atom. The van der Waals surface area contributed by atoms with Gasteiger partial charge in [-0.05, 0) is 25.0 Å². The highest BCUT2D eigenvalue weighted by atomic mass is 32.2. The first-order chi connectivity index (χ1) is 12.1. The van der Waals surface area contributed by atoms with Crippen molar-refractivity contribution in [2.75, 3.05) is 12.4 Å². The Kier molecular flexibility index (Phi) is 6.09. The van der Waals surface area contributed by atoms with Gasteiger partial charge in [-0.1, -0.05) is 31.1 Å². The van der Waals surface area contributed by atoms with Crippen LogP contribution in [0, 0.1) is 0 Å². The van der Waals surface area contributed by atoms with Crippen LogP contribution in [-0.2, 0) is 16.1 Å². The highest BCUT2D eigenvalue weighted by Gasteiger charge is 2.19. The molecule has 25 heavy (non-hydrogen) atoms. The number of hydrogen-bond acceptors (Lipinski definition) is 7. The standard InChI is InChI=1S/C18H22N2O4S/c1-12(2)17-19-16(24-20-17)10-23-18(21)14-7-3-4-8-15(14)25-11-13-6-5-9-22-13/h3-4,7-8,12-13H,5-6,9-11H2,1-2H3. The first kappa shape index (κ1) is 17.9. The van der Waals surface area contributed by atoms with Gasteiger partial charge in [-0.2, -0.15) is 4.98 Å². The molecule has 3 rings (SSSR count). The third kappa shape index (κ3) is 4.83. The maximum absolute atomic E-state index is 12.4. The lowest BCUT2D eigenvalue weighted by Gasteiger charge is -2.11. The molecule has 1 aliphatic heterocycles. The number of carbonyl (C=O) groups excluding carboxylic acids is 1. The van der Waals surface area contributed by atoms with Crippen LogP contribution in [0.25, 0.3) is 0 Å². The van der Waals surface area contributed by atoms with Gasteiger partial charge in [-0.3, -0.25) is 0 Å². The Labute approximate surface area is 151 Å². The first-order valence-corrected chi connectivity index (χ1v) is 9.45. The van der Waals surface area contributed by atoms with Crippen LogP contribution in [0.5, 0.6) is 0 Å². The minimum Gasteiger partial charge on any atom is -0.452 e. The lowest BCUT2D eigenvalue weighted by Crippen LogP contribution is -2.10. The summed E-state index contributed by atoms with van der Waals surface area (Å²) in [7, 11) is 0. The molecule has 1 aromatic heterocycles. The molecular formula is C18H22N2O4S. The molecule has 0 N–H and O–H groups in total. The van der Waals surface area contributed by atoms with Crippen molar-refractivity contribution >= 4 is 17.7 Å². The van der Waals surface area contributed by atoms with Gasteiger partial charge >= 0.3 is 5.97 Å². The van der Waals surface area contributed by atoms with E-state index in [1.165, 1.54) is 0 Å². The Morgan fingerprint density at radius 3 is 2.96 bits per heavy atom. The molecule has 0 radical (unpaired) electrons. The fourth-order valence-corrected chi connectivity index (χ4v) is 3.60. The maximum Gasteiger partial charge on any atom is 0.339 e. The molecule has 7 heteroatoms. The summed E-state index contributed by atoms with van der Waals surface area (Å²) < 4.78 is 16.1. The van der Waals surface area contributed by atoms with E-state index in [9.17, 15) is 4.79 Å². The van der Waals surface area contributed by atoms with Crippen molar-refractivity contribution in [2.45, 2.75) is 50.2 Å². The van der Waals surface area contributed by atoms with E-state index in [4.69, 9.17) is 14.0 Å². The predicted octanol–water partition coefficient (Wildman–Crippen LogP) is 3.82. The number of carbonyl (C=O) groups is 1. The summed E-state index contributed by atoms with van der Waals surface area (Å²) in [5.74, 6) is 1.54. The van der Waals surface area contributed by atoms with E-state index in [-0.39, 0.29) is 24.6 Å². The number of benzene rings is 1. The van der Waals surface area contributed by atoms with Crippen molar-refractivity contribution in [1.82, 2.24) is 10.1 Å². The Bertz CT molecular complexity index is 711. The van der Waals surface area contributed by atoms with Gasteiger partial charge in [0.15, 0.2) is 12.4 Å². The molecule has 134 valence electrons. The second-order valence-corrected chi connectivity index (χ2v) is 7.28. The second kappa shape index (κ2) is 8.49. The van der Waals surface area contributed by atoms with Gasteiger partial charge in [0.2, 0.25) is 0 Å². The summed E-state index contributed by atoms with van der Waals surface area (Å²) in [6, 6.07) is 7.45. The van der Waals surface area contributed by atoms with E-state index in [2.05, 4.69) is 10.1 Å². The zero-order chi connectivity index (χ0) is 17.6. The molecule has 0 bridgehead atoms. The molecule has 1 unspecified atom stereocenters. The smallest absolute Gasteiger partial charge is 0.339 e. The average Bonchev–Trinajstić information content (AvgIpc) is 3.30. The van der Waals surface area contributed by atoms with Crippen molar-refractivity contribution in [2.24, 2.45) is 0 Å². The normalized spacial score (nSPS) is 17.2. The molecule has 0 amide bonds. The fourth-order valence-electron chi connectivity index (χ4n) is 2.49. The van der Waals surface area contributed by atoms with E-state index < -0.39 is 0 Å². The third-order valence-corrected chi connectivity index (χ3v) is 5.09. The van der Waals surface area contributed by atoms with Gasteiger partial charge in [0.1, 0.15) is 0 Å². The number of ether oxygens (including phenoxy) is 2. The number of aromatic nitrogens is 2. The Morgan fingerprint density at radius 2 is 2.24 bits per heavy atom. The zero-order valence-electron chi connectivity index (χ0n) is 14.4. The Hall–Kier alpha value is -1.86. The summed E-state index contributed by atoms with van der Waals surface area (Å²) in [4.78, 5) is 17.5. The molecule has 0 spiro atoms. The van der Waals surface area contributed by atoms with Crippen LogP contribution in [0.4, 0.5) is 0 Å². The van der Waals surface area contributed by atoms with Gasteiger partial charge in [0.25, 0.3) is 5.89 Å². The maximum atomic E-state index is 12.4. The molecule has 1 aliphatic rings. The van der Waals surface area contributed by atoms with Gasteiger partial charge in [0.05, 0.1) is 11.7 Å². The highest BCUT2D eigenvalue weighted by Crippen LogP contribution is 2.27. The van der Waals surface area contributed by atoms with Gasteiger partial charge in [0, 0.05) is 23.2 Å². The minimum absolute atomic E-state index is 0.0245. The lowest BCUT2D eigenvalue weighted by atomic mass is 10.2. The van der Waals surface area contributed by atoms with Crippen LogP contribution in [0.1, 0.15) is 54.7 Å². The number of esters is 1. The average molecular weight is 362 g/mol. The lowest BCUT2D eigenvalue weighted by molar-refractivity contribution is 0.0425. The molecule has 2 heterocycles. The largest absolute Gasteiger partial charge is 0.452 e. The Balaban J connectivity index is 1.58. The van der Waals surface area contributed by atoms with E-state index in [0.29, 0.717) is 17.3 Å².